The van der Waals surface area contributed by atoms with Crippen LogP contribution in [0.1, 0.15) is 25.5 Å². The molecule has 106 valence electrons. The fourth-order valence-corrected chi connectivity index (χ4v) is 1.70. The van der Waals surface area contributed by atoms with Gasteiger partial charge in [-0.3, -0.25) is 4.98 Å². The molecule has 6 heteroatoms. The minimum atomic E-state index is 0.135. The lowest BCUT2D eigenvalue weighted by molar-refractivity contribution is 0.0866. The van der Waals surface area contributed by atoms with E-state index in [0.29, 0.717) is 6.61 Å². The molecule has 1 atom stereocenters. The molecule has 0 fully saturated rings. The summed E-state index contributed by atoms with van der Waals surface area (Å²) in [6, 6.07) is 3.89. The number of aliphatic hydroxyl groups is 1. The fraction of sp³-hybridized carbons (Fsp3) is 0.538. The van der Waals surface area contributed by atoms with Gasteiger partial charge in [-0.1, -0.05) is 12.1 Å². The maximum absolute atomic E-state index is 7.88. The molecule has 0 spiro atoms. The number of hydrogen-bond donors (Lipinski definition) is 2. The summed E-state index contributed by atoms with van der Waals surface area (Å²) < 4.78 is 0.970. The third-order valence-electron chi connectivity index (χ3n) is 2.41. The van der Waals surface area contributed by atoms with Crippen LogP contribution < -0.4 is 5.32 Å². The van der Waals surface area contributed by atoms with Crippen molar-refractivity contribution in [1.82, 2.24) is 10.3 Å². The Hall–Kier alpha value is -0.980. The Morgan fingerprint density at radius 1 is 1.53 bits per heavy atom. The molecule has 1 unspecified atom stereocenters. The normalized spacial score (nSPS) is 17.3. The minimum Gasteiger partial charge on any atom is -0.396 e. The lowest BCUT2D eigenvalue weighted by Crippen LogP contribution is -2.23. The van der Waals surface area contributed by atoms with Crippen LogP contribution in [-0.2, 0) is 4.84 Å². The summed E-state index contributed by atoms with van der Waals surface area (Å²) in [6.07, 6.45) is 3.59. The lowest BCUT2D eigenvalue weighted by Gasteiger charge is -2.05. The van der Waals surface area contributed by atoms with E-state index in [1.807, 2.05) is 26.1 Å². The highest BCUT2D eigenvalue weighted by atomic mass is 79.9. The van der Waals surface area contributed by atoms with Gasteiger partial charge in [0.2, 0.25) is 0 Å². The van der Waals surface area contributed by atoms with Crippen molar-refractivity contribution in [2.45, 2.75) is 25.9 Å². The monoisotopic (exact) mass is 329 g/mol. The van der Waals surface area contributed by atoms with Crippen molar-refractivity contribution in [3.63, 3.8) is 0 Å². The zero-order valence-corrected chi connectivity index (χ0v) is 12.9. The molecule has 1 aliphatic rings. The predicted octanol–water partition coefficient (Wildman–Crippen LogP) is 1.95. The highest BCUT2D eigenvalue weighted by Gasteiger charge is 2.21. The first-order chi connectivity index (χ1) is 9.21. The standard InChI is InChI=1S/C10H12BrN3O.C3H8O/c1-12-6-8-4-10(14-15-8)9-3-2-7(11)5-13-9;1-2-3-4/h2-3,5,8,12H,4,6H2,1H3;4H,2-3H2,1H3. The third-order valence-corrected chi connectivity index (χ3v) is 2.88. The van der Waals surface area contributed by atoms with Crippen molar-refractivity contribution in [3.05, 3.63) is 28.5 Å². The maximum Gasteiger partial charge on any atom is 0.145 e. The number of halogens is 1. The van der Waals surface area contributed by atoms with Crippen LogP contribution >= 0.6 is 15.9 Å². The van der Waals surface area contributed by atoms with Gasteiger partial charge in [-0.05, 0) is 41.5 Å². The summed E-state index contributed by atoms with van der Waals surface area (Å²) in [5.41, 5.74) is 1.81. The molecule has 1 aromatic heterocycles. The summed E-state index contributed by atoms with van der Waals surface area (Å²) >= 11 is 3.35. The van der Waals surface area contributed by atoms with Crippen LogP contribution in [-0.4, -0.2) is 42.1 Å². The lowest BCUT2D eigenvalue weighted by atomic mass is 10.1. The Morgan fingerprint density at radius 2 is 2.26 bits per heavy atom. The molecule has 0 bridgehead atoms. The Labute approximate surface area is 122 Å². The van der Waals surface area contributed by atoms with Crippen molar-refractivity contribution < 1.29 is 9.94 Å². The van der Waals surface area contributed by atoms with Crippen LogP contribution in [0.4, 0.5) is 0 Å². The average molecular weight is 330 g/mol. The number of hydrogen-bond acceptors (Lipinski definition) is 5. The number of aliphatic hydroxyl groups excluding tert-OH is 1. The summed E-state index contributed by atoms with van der Waals surface area (Å²) in [6.45, 7) is 3.06. The molecule has 2 heterocycles. The van der Waals surface area contributed by atoms with E-state index in [2.05, 4.69) is 31.4 Å². The smallest absolute Gasteiger partial charge is 0.145 e. The molecule has 0 saturated carbocycles. The molecule has 0 aliphatic carbocycles. The number of nitrogens with zero attached hydrogens (tertiary/aromatic N) is 2. The van der Waals surface area contributed by atoms with Crippen LogP contribution in [0.25, 0.3) is 0 Å². The molecule has 0 saturated heterocycles. The molecule has 5 nitrogen and oxygen atoms in total. The topological polar surface area (TPSA) is 66.7 Å². The first-order valence-corrected chi connectivity index (χ1v) is 7.10. The summed E-state index contributed by atoms with van der Waals surface area (Å²) in [5.74, 6) is 0. The highest BCUT2D eigenvalue weighted by molar-refractivity contribution is 9.10. The van der Waals surface area contributed by atoms with Gasteiger partial charge in [0.1, 0.15) is 11.8 Å². The maximum atomic E-state index is 7.88. The molecular weight excluding hydrogens is 310 g/mol. The largest absolute Gasteiger partial charge is 0.396 e. The van der Waals surface area contributed by atoms with Gasteiger partial charge in [-0.25, -0.2) is 0 Å². The summed E-state index contributed by atoms with van der Waals surface area (Å²) in [5, 5.41) is 15.0. The summed E-state index contributed by atoms with van der Waals surface area (Å²) in [4.78, 5) is 9.54. The second-order valence-electron chi connectivity index (χ2n) is 4.11. The number of likely N-dealkylation sites (N-methyl/N-ethyl adjacent to an activating group) is 1. The van der Waals surface area contributed by atoms with Gasteiger partial charge in [0.15, 0.2) is 0 Å². The predicted molar refractivity (Wildman–Crippen MR) is 79.3 cm³/mol. The second-order valence-corrected chi connectivity index (χ2v) is 5.03. The number of oxime groups is 1. The molecule has 2 rings (SSSR count). The Balaban J connectivity index is 0.000000399. The third kappa shape index (κ3) is 5.67. The van der Waals surface area contributed by atoms with E-state index in [0.717, 1.165) is 35.3 Å². The van der Waals surface area contributed by atoms with Crippen LogP contribution in [0, 0.1) is 0 Å². The van der Waals surface area contributed by atoms with Crippen LogP contribution in [0.15, 0.2) is 28.0 Å². The van der Waals surface area contributed by atoms with Gasteiger partial charge in [-0.15, -0.1) is 0 Å². The van der Waals surface area contributed by atoms with Crippen molar-refractivity contribution in [3.8, 4) is 0 Å². The van der Waals surface area contributed by atoms with Crippen molar-refractivity contribution in [2.24, 2.45) is 5.16 Å². The first-order valence-electron chi connectivity index (χ1n) is 6.31. The number of nitrogens with one attached hydrogen (secondary N) is 1. The van der Waals surface area contributed by atoms with E-state index in [4.69, 9.17) is 9.94 Å². The molecule has 1 aromatic rings. The number of pyridine rings is 1. The fourth-order valence-electron chi connectivity index (χ4n) is 1.46. The van der Waals surface area contributed by atoms with Gasteiger partial charge in [-0.2, -0.15) is 0 Å². The average Bonchev–Trinajstić information content (AvgIpc) is 2.89. The second kappa shape index (κ2) is 9.01. The van der Waals surface area contributed by atoms with Crippen molar-refractivity contribution >= 4 is 21.6 Å². The van der Waals surface area contributed by atoms with Crippen LogP contribution in [0.5, 0.6) is 0 Å². The van der Waals surface area contributed by atoms with E-state index >= 15 is 0 Å². The van der Waals surface area contributed by atoms with Gasteiger partial charge in [0, 0.05) is 30.2 Å². The molecular formula is C13H20BrN3O2. The molecule has 0 aromatic carbocycles. The molecule has 0 radical (unpaired) electrons. The first kappa shape index (κ1) is 16.1. The molecule has 19 heavy (non-hydrogen) atoms. The van der Waals surface area contributed by atoms with Gasteiger partial charge >= 0.3 is 0 Å². The van der Waals surface area contributed by atoms with Gasteiger partial charge in [0.05, 0.1) is 5.69 Å². The zero-order chi connectivity index (χ0) is 14.1. The molecule has 2 N–H and O–H groups in total. The van der Waals surface area contributed by atoms with E-state index in [1.165, 1.54) is 0 Å². The van der Waals surface area contributed by atoms with Crippen molar-refractivity contribution in [1.29, 1.82) is 0 Å². The molecule has 0 amide bonds. The molecule has 1 aliphatic heterocycles. The van der Waals surface area contributed by atoms with Crippen LogP contribution in [0.3, 0.4) is 0 Å². The SMILES string of the molecule is CCCO.CNCC1CC(c2ccc(Br)cn2)=NO1. The van der Waals surface area contributed by atoms with E-state index < -0.39 is 0 Å². The number of rotatable bonds is 4. The Bertz CT molecular complexity index is 393. The highest BCUT2D eigenvalue weighted by Crippen LogP contribution is 2.16. The van der Waals surface area contributed by atoms with Gasteiger partial charge < -0.3 is 15.3 Å². The van der Waals surface area contributed by atoms with E-state index in [1.54, 1.807) is 6.20 Å². The number of aromatic nitrogens is 1. The quantitative estimate of drug-likeness (QED) is 0.885. The van der Waals surface area contributed by atoms with Crippen molar-refractivity contribution in [2.75, 3.05) is 20.2 Å². The van der Waals surface area contributed by atoms with E-state index in [-0.39, 0.29) is 6.10 Å². The summed E-state index contributed by atoms with van der Waals surface area (Å²) in [7, 11) is 1.90. The van der Waals surface area contributed by atoms with Crippen LogP contribution in [0.2, 0.25) is 0 Å². The van der Waals surface area contributed by atoms with E-state index in [9.17, 15) is 0 Å². The minimum absolute atomic E-state index is 0.135. The Morgan fingerprint density at radius 3 is 2.79 bits per heavy atom. The zero-order valence-electron chi connectivity index (χ0n) is 11.3. The Kier molecular flexibility index (Phi) is 7.62. The van der Waals surface area contributed by atoms with Gasteiger partial charge in [0.25, 0.3) is 0 Å².